The number of hydrogen-bond donors (Lipinski definition) is 0. The van der Waals surface area contributed by atoms with Crippen molar-refractivity contribution in [3.63, 3.8) is 0 Å². The molecule has 1 aliphatic heterocycles. The second-order valence-corrected chi connectivity index (χ2v) is 7.99. The molecule has 1 aromatic heterocycles. The van der Waals surface area contributed by atoms with Gasteiger partial charge in [0.1, 0.15) is 0 Å². The minimum absolute atomic E-state index is 0.684. The van der Waals surface area contributed by atoms with E-state index in [0.717, 1.165) is 54.2 Å². The topological polar surface area (TPSA) is 29.3 Å². The number of hydrogen-bond acceptors (Lipinski definition) is 3. The first-order chi connectivity index (χ1) is 13.2. The maximum atomic E-state index is 6.25. The van der Waals surface area contributed by atoms with Crippen molar-refractivity contribution in [1.29, 1.82) is 0 Å². The average molecular weight is 401 g/mol. The van der Waals surface area contributed by atoms with E-state index < -0.39 is 0 Å². The predicted octanol–water partition coefficient (Wildman–Crippen LogP) is 6.10. The number of likely N-dealkylation sites (tertiary alicyclic amines) is 1. The molecule has 140 valence electrons. The van der Waals surface area contributed by atoms with Crippen molar-refractivity contribution in [2.24, 2.45) is 5.92 Å². The van der Waals surface area contributed by atoms with Crippen LogP contribution in [0.4, 0.5) is 0 Å². The van der Waals surface area contributed by atoms with Gasteiger partial charge in [0.25, 0.3) is 0 Å². The second kappa shape index (κ2) is 8.47. The molecule has 0 saturated carbocycles. The van der Waals surface area contributed by atoms with Crippen molar-refractivity contribution in [3.8, 4) is 11.3 Å². The van der Waals surface area contributed by atoms with Crippen molar-refractivity contribution >= 4 is 23.2 Å². The molecule has 3 aromatic rings. The molecule has 0 amide bonds. The molecule has 0 bridgehead atoms. The third-order valence-electron chi connectivity index (χ3n) is 5.20. The number of piperidine rings is 1. The minimum Gasteiger partial charge on any atom is -0.439 e. The first-order valence-corrected chi connectivity index (χ1v) is 10.1. The standard InChI is InChI=1S/C22H22Cl2N2O/c23-18-7-5-16(6-8-18)13-17-9-11-26(12-10-17)15-22-25-14-21(27-22)19-3-1-2-4-20(19)24/h1-8,14,17H,9-13,15H2. The zero-order valence-electron chi connectivity index (χ0n) is 15.1. The molecule has 1 aliphatic rings. The van der Waals surface area contributed by atoms with E-state index in [9.17, 15) is 0 Å². The van der Waals surface area contributed by atoms with Crippen LogP contribution in [0.2, 0.25) is 10.0 Å². The molecule has 5 heteroatoms. The third kappa shape index (κ3) is 4.73. The largest absolute Gasteiger partial charge is 0.439 e. The van der Waals surface area contributed by atoms with Gasteiger partial charge in [-0.1, -0.05) is 47.5 Å². The van der Waals surface area contributed by atoms with Gasteiger partial charge in [0, 0.05) is 10.6 Å². The molecule has 0 spiro atoms. The minimum atomic E-state index is 0.684. The molecule has 2 heterocycles. The van der Waals surface area contributed by atoms with Crippen LogP contribution in [0.5, 0.6) is 0 Å². The molecule has 0 N–H and O–H groups in total. The Morgan fingerprint density at radius 1 is 1.00 bits per heavy atom. The van der Waals surface area contributed by atoms with Gasteiger partial charge in [0.05, 0.1) is 17.8 Å². The lowest BCUT2D eigenvalue weighted by atomic mass is 9.90. The lowest BCUT2D eigenvalue weighted by Gasteiger charge is -2.31. The Kier molecular flexibility index (Phi) is 5.82. The number of aromatic nitrogens is 1. The van der Waals surface area contributed by atoms with E-state index in [1.165, 1.54) is 18.4 Å². The summed E-state index contributed by atoms with van der Waals surface area (Å²) in [6.45, 7) is 2.89. The zero-order valence-corrected chi connectivity index (χ0v) is 16.6. The Hall–Kier alpha value is -1.81. The molecule has 2 aromatic carbocycles. The van der Waals surface area contributed by atoms with Gasteiger partial charge < -0.3 is 4.42 Å². The van der Waals surface area contributed by atoms with Crippen LogP contribution < -0.4 is 0 Å². The van der Waals surface area contributed by atoms with Crippen molar-refractivity contribution in [2.75, 3.05) is 13.1 Å². The molecule has 0 atom stereocenters. The van der Waals surface area contributed by atoms with Crippen molar-refractivity contribution in [1.82, 2.24) is 9.88 Å². The van der Waals surface area contributed by atoms with Gasteiger partial charge >= 0.3 is 0 Å². The molecular weight excluding hydrogens is 379 g/mol. The molecule has 3 nitrogen and oxygen atoms in total. The summed E-state index contributed by atoms with van der Waals surface area (Å²) in [5.41, 5.74) is 2.26. The van der Waals surface area contributed by atoms with Crippen LogP contribution in [0.15, 0.2) is 59.1 Å². The van der Waals surface area contributed by atoms with Gasteiger partial charge in [-0.2, -0.15) is 0 Å². The summed E-state index contributed by atoms with van der Waals surface area (Å²) in [4.78, 5) is 6.86. The number of oxazole rings is 1. The quantitative estimate of drug-likeness (QED) is 0.517. The van der Waals surface area contributed by atoms with Gasteiger partial charge in [-0.05, 0) is 68.1 Å². The van der Waals surface area contributed by atoms with E-state index in [0.29, 0.717) is 5.02 Å². The van der Waals surface area contributed by atoms with Gasteiger partial charge in [0.2, 0.25) is 5.89 Å². The predicted molar refractivity (Wildman–Crippen MR) is 110 cm³/mol. The fraction of sp³-hybridized carbons (Fsp3) is 0.318. The summed E-state index contributed by atoms with van der Waals surface area (Å²) in [5.74, 6) is 2.21. The Balaban J connectivity index is 1.31. The van der Waals surface area contributed by atoms with Crippen LogP contribution in [0.3, 0.4) is 0 Å². The Morgan fingerprint density at radius 2 is 1.74 bits per heavy atom. The second-order valence-electron chi connectivity index (χ2n) is 7.15. The number of nitrogens with zero attached hydrogens (tertiary/aromatic N) is 2. The average Bonchev–Trinajstić information content (AvgIpc) is 3.14. The SMILES string of the molecule is Clc1ccc(CC2CCN(Cc3ncc(-c4ccccc4Cl)o3)CC2)cc1. The lowest BCUT2D eigenvalue weighted by Crippen LogP contribution is -2.33. The molecule has 27 heavy (non-hydrogen) atoms. The Morgan fingerprint density at radius 3 is 2.48 bits per heavy atom. The molecule has 4 rings (SSSR count). The van der Waals surface area contributed by atoms with Gasteiger partial charge in [-0.15, -0.1) is 0 Å². The normalized spacial score (nSPS) is 15.9. The highest BCUT2D eigenvalue weighted by atomic mass is 35.5. The number of halogens is 2. The Labute approximate surface area is 169 Å². The fourth-order valence-electron chi connectivity index (χ4n) is 3.66. The first kappa shape index (κ1) is 18.5. The smallest absolute Gasteiger partial charge is 0.209 e. The van der Waals surface area contributed by atoms with Crippen LogP contribution in [0, 0.1) is 5.92 Å². The van der Waals surface area contributed by atoms with E-state index in [1.54, 1.807) is 6.20 Å². The summed E-state index contributed by atoms with van der Waals surface area (Å²) in [6.07, 6.45) is 5.28. The molecular formula is C22H22Cl2N2O. The van der Waals surface area contributed by atoms with Crippen LogP contribution in [0.1, 0.15) is 24.3 Å². The maximum Gasteiger partial charge on any atom is 0.209 e. The summed E-state index contributed by atoms with van der Waals surface area (Å²) in [7, 11) is 0. The first-order valence-electron chi connectivity index (χ1n) is 9.34. The van der Waals surface area contributed by atoms with Crippen molar-refractivity contribution in [2.45, 2.75) is 25.8 Å². The third-order valence-corrected chi connectivity index (χ3v) is 5.78. The summed E-state index contributed by atoms with van der Waals surface area (Å²) >= 11 is 12.2. The molecule has 1 saturated heterocycles. The van der Waals surface area contributed by atoms with Crippen LogP contribution >= 0.6 is 23.2 Å². The van der Waals surface area contributed by atoms with E-state index >= 15 is 0 Å². The summed E-state index contributed by atoms with van der Waals surface area (Å²) in [5, 5.41) is 1.49. The lowest BCUT2D eigenvalue weighted by molar-refractivity contribution is 0.164. The van der Waals surface area contributed by atoms with Gasteiger partial charge in [-0.3, -0.25) is 4.90 Å². The summed E-state index contributed by atoms with van der Waals surface area (Å²) < 4.78 is 5.94. The van der Waals surface area contributed by atoms with Crippen LogP contribution in [-0.2, 0) is 13.0 Å². The van der Waals surface area contributed by atoms with E-state index in [-0.39, 0.29) is 0 Å². The van der Waals surface area contributed by atoms with Crippen LogP contribution in [0.25, 0.3) is 11.3 Å². The zero-order chi connectivity index (χ0) is 18.6. The highest BCUT2D eigenvalue weighted by Crippen LogP contribution is 2.29. The Bertz CT molecular complexity index is 883. The number of rotatable bonds is 5. The number of benzene rings is 2. The molecule has 1 fully saturated rings. The fourth-order valence-corrected chi connectivity index (χ4v) is 4.02. The molecule has 0 unspecified atom stereocenters. The maximum absolute atomic E-state index is 6.25. The monoisotopic (exact) mass is 400 g/mol. The molecule has 0 aliphatic carbocycles. The van der Waals surface area contributed by atoms with Gasteiger partial charge in [-0.25, -0.2) is 4.98 Å². The van der Waals surface area contributed by atoms with Gasteiger partial charge in [0.15, 0.2) is 5.76 Å². The highest BCUT2D eigenvalue weighted by molar-refractivity contribution is 6.33. The molecule has 0 radical (unpaired) electrons. The summed E-state index contributed by atoms with van der Waals surface area (Å²) in [6, 6.07) is 15.9. The van der Waals surface area contributed by atoms with Crippen molar-refractivity contribution in [3.05, 3.63) is 76.2 Å². The van der Waals surface area contributed by atoms with Crippen LogP contribution in [-0.4, -0.2) is 23.0 Å². The van der Waals surface area contributed by atoms with E-state index in [4.69, 9.17) is 27.6 Å². The van der Waals surface area contributed by atoms with E-state index in [1.807, 2.05) is 36.4 Å². The van der Waals surface area contributed by atoms with Crippen molar-refractivity contribution < 1.29 is 4.42 Å². The van der Waals surface area contributed by atoms with E-state index in [2.05, 4.69) is 22.0 Å². The highest BCUT2D eigenvalue weighted by Gasteiger charge is 2.21.